The number of hydrogen-bond donors (Lipinski definition) is 1. The summed E-state index contributed by atoms with van der Waals surface area (Å²) in [6.07, 6.45) is 0. The number of aromatic nitrogens is 1. The summed E-state index contributed by atoms with van der Waals surface area (Å²) < 4.78 is 20.4. The molecule has 1 heterocycles. The molecule has 0 aliphatic carbocycles. The molecule has 22 heavy (non-hydrogen) atoms. The lowest BCUT2D eigenvalue weighted by Crippen LogP contribution is -2.40. The fourth-order valence-electron chi connectivity index (χ4n) is 2.02. The van der Waals surface area contributed by atoms with Gasteiger partial charge in [-0.15, -0.1) is 4.72 Å². The summed E-state index contributed by atoms with van der Waals surface area (Å²) >= 11 is 4.87. The van der Waals surface area contributed by atoms with Gasteiger partial charge < -0.3 is 9.29 Å². The minimum absolute atomic E-state index is 0.161. The fourth-order valence-corrected chi connectivity index (χ4v) is 3.00. The van der Waals surface area contributed by atoms with Crippen molar-refractivity contribution in [3.8, 4) is 5.88 Å². The molecule has 2 aromatic rings. The number of ether oxygens (including phenoxy) is 1. The summed E-state index contributed by atoms with van der Waals surface area (Å²) in [7, 11) is 1.58. The van der Waals surface area contributed by atoms with Crippen LogP contribution in [0.5, 0.6) is 5.88 Å². The van der Waals surface area contributed by atoms with Crippen molar-refractivity contribution in [1.82, 2.24) is 9.71 Å². The number of nitrogens with zero attached hydrogens (tertiary/aromatic N) is 1. The Morgan fingerprint density at radius 3 is 2.59 bits per heavy atom. The molecule has 1 N–H and O–H groups in total. The molecule has 0 bridgehead atoms. The molecule has 2 rings (SSSR count). The third-order valence-electron chi connectivity index (χ3n) is 3.27. The first-order chi connectivity index (χ1) is 10.2. The minimum atomic E-state index is -1.18. The van der Waals surface area contributed by atoms with Gasteiger partial charge >= 0.3 is 0 Å². The highest BCUT2D eigenvalue weighted by Crippen LogP contribution is 2.30. The molecule has 0 saturated heterocycles. The lowest BCUT2D eigenvalue weighted by atomic mass is 10.1. The first kappa shape index (κ1) is 17.3. The molecule has 2 atom stereocenters. The molecule has 0 spiro atoms. The third kappa shape index (κ3) is 3.84. The Morgan fingerprint density at radius 1 is 1.32 bits per heavy atom. The summed E-state index contributed by atoms with van der Waals surface area (Å²) in [5.41, 5.74) is 1.67. The molecular formula is C16H21ClN2O2S. The Morgan fingerprint density at radius 2 is 2.00 bits per heavy atom. The normalized spacial score (nSPS) is 14.9. The summed E-state index contributed by atoms with van der Waals surface area (Å²) in [5.74, 6) is 0.528. The molecule has 120 valence electrons. The van der Waals surface area contributed by atoms with Gasteiger partial charge in [-0.2, -0.15) is 0 Å². The molecule has 0 aliphatic heterocycles. The summed E-state index contributed by atoms with van der Waals surface area (Å²) in [6, 6.07) is 7.33. The van der Waals surface area contributed by atoms with Crippen LogP contribution in [-0.4, -0.2) is 21.4 Å². The van der Waals surface area contributed by atoms with Crippen molar-refractivity contribution >= 4 is 33.9 Å². The van der Waals surface area contributed by atoms with Crippen LogP contribution in [0.2, 0.25) is 5.02 Å². The molecule has 1 aromatic carbocycles. The standard InChI is InChI=1S/C16H21ClN2O2S/c1-10(19-22(20)16(2,3)4)13-9-11-8-12(17)6-7-14(11)18-15(13)21-5/h6-10,19H,1-5H3. The Labute approximate surface area is 139 Å². The van der Waals surface area contributed by atoms with Crippen LogP contribution < -0.4 is 9.46 Å². The van der Waals surface area contributed by atoms with Gasteiger partial charge in [0.25, 0.3) is 0 Å². The van der Waals surface area contributed by atoms with Crippen LogP contribution in [0.3, 0.4) is 0 Å². The number of halogens is 1. The predicted molar refractivity (Wildman–Crippen MR) is 92.8 cm³/mol. The third-order valence-corrected chi connectivity index (χ3v) is 5.18. The summed E-state index contributed by atoms with van der Waals surface area (Å²) in [6.45, 7) is 7.73. The van der Waals surface area contributed by atoms with Crippen molar-refractivity contribution in [3.05, 3.63) is 34.9 Å². The average Bonchev–Trinajstić information content (AvgIpc) is 2.44. The van der Waals surface area contributed by atoms with E-state index in [0.29, 0.717) is 10.9 Å². The molecule has 0 radical (unpaired) electrons. The maximum absolute atomic E-state index is 12.3. The number of fused-ring (bicyclic) bond motifs is 1. The quantitative estimate of drug-likeness (QED) is 0.854. The van der Waals surface area contributed by atoms with E-state index in [9.17, 15) is 4.55 Å². The van der Waals surface area contributed by atoms with Crippen LogP contribution in [0.1, 0.15) is 39.3 Å². The Balaban J connectivity index is 2.40. The highest BCUT2D eigenvalue weighted by Gasteiger charge is 2.29. The Kier molecular flexibility index (Phi) is 5.22. The topological polar surface area (TPSA) is 57.2 Å². The van der Waals surface area contributed by atoms with Gasteiger partial charge in [0.1, 0.15) is 4.75 Å². The number of pyridine rings is 1. The lowest BCUT2D eigenvalue weighted by molar-refractivity contribution is 0.389. The van der Waals surface area contributed by atoms with Crippen molar-refractivity contribution in [2.24, 2.45) is 0 Å². The van der Waals surface area contributed by atoms with E-state index in [1.807, 2.05) is 45.9 Å². The van der Waals surface area contributed by atoms with E-state index in [2.05, 4.69) is 9.71 Å². The monoisotopic (exact) mass is 340 g/mol. The van der Waals surface area contributed by atoms with Gasteiger partial charge in [-0.3, -0.25) is 0 Å². The first-order valence-electron chi connectivity index (χ1n) is 7.04. The van der Waals surface area contributed by atoms with Crippen LogP contribution >= 0.6 is 11.6 Å². The molecule has 1 aromatic heterocycles. The minimum Gasteiger partial charge on any atom is -0.598 e. The number of nitrogens with one attached hydrogen (secondary N) is 1. The van der Waals surface area contributed by atoms with E-state index in [1.165, 1.54) is 0 Å². The van der Waals surface area contributed by atoms with Crippen LogP contribution in [0.25, 0.3) is 10.9 Å². The van der Waals surface area contributed by atoms with Crippen molar-refractivity contribution < 1.29 is 9.29 Å². The van der Waals surface area contributed by atoms with Crippen LogP contribution in [0, 0.1) is 0 Å². The molecule has 0 aliphatic rings. The maximum Gasteiger partial charge on any atom is 0.218 e. The van der Waals surface area contributed by atoms with Gasteiger partial charge in [0.2, 0.25) is 5.88 Å². The van der Waals surface area contributed by atoms with Gasteiger partial charge in [0, 0.05) is 27.3 Å². The van der Waals surface area contributed by atoms with Gasteiger partial charge in [0.15, 0.2) is 0 Å². The number of benzene rings is 1. The smallest absolute Gasteiger partial charge is 0.218 e. The largest absolute Gasteiger partial charge is 0.598 e. The van der Waals surface area contributed by atoms with Crippen LogP contribution in [0.15, 0.2) is 24.3 Å². The van der Waals surface area contributed by atoms with E-state index in [4.69, 9.17) is 16.3 Å². The second kappa shape index (κ2) is 6.62. The zero-order valence-electron chi connectivity index (χ0n) is 13.4. The highest BCUT2D eigenvalue weighted by atomic mass is 35.5. The van der Waals surface area contributed by atoms with Crippen LogP contribution in [0.4, 0.5) is 0 Å². The molecule has 4 nitrogen and oxygen atoms in total. The van der Waals surface area contributed by atoms with Crippen molar-refractivity contribution in [3.63, 3.8) is 0 Å². The van der Waals surface area contributed by atoms with Crippen molar-refractivity contribution in [1.29, 1.82) is 0 Å². The second-order valence-electron chi connectivity index (χ2n) is 6.14. The van der Waals surface area contributed by atoms with E-state index < -0.39 is 11.4 Å². The van der Waals surface area contributed by atoms with E-state index >= 15 is 0 Å². The van der Waals surface area contributed by atoms with Crippen molar-refractivity contribution in [2.75, 3.05) is 7.11 Å². The summed E-state index contributed by atoms with van der Waals surface area (Å²) in [5, 5.41) is 1.59. The molecule has 0 saturated carbocycles. The first-order valence-corrected chi connectivity index (χ1v) is 8.57. The number of methoxy groups -OCH3 is 1. The fraction of sp³-hybridized carbons (Fsp3) is 0.438. The van der Waals surface area contributed by atoms with Gasteiger partial charge in [0.05, 0.1) is 18.7 Å². The number of rotatable bonds is 4. The molecule has 2 unspecified atom stereocenters. The number of hydrogen-bond acceptors (Lipinski definition) is 4. The molecular weight excluding hydrogens is 320 g/mol. The van der Waals surface area contributed by atoms with Gasteiger partial charge in [-0.25, -0.2) is 4.98 Å². The summed E-state index contributed by atoms with van der Waals surface area (Å²) in [4.78, 5) is 4.51. The zero-order valence-corrected chi connectivity index (χ0v) is 15.0. The second-order valence-corrected chi connectivity index (χ2v) is 8.58. The van der Waals surface area contributed by atoms with Crippen molar-refractivity contribution in [2.45, 2.75) is 38.5 Å². The molecule has 6 heteroatoms. The molecule has 0 fully saturated rings. The lowest BCUT2D eigenvalue weighted by Gasteiger charge is -2.27. The maximum atomic E-state index is 12.3. The van der Waals surface area contributed by atoms with Gasteiger partial charge in [-0.1, -0.05) is 11.6 Å². The Hall–Kier alpha value is -1.01. The average molecular weight is 341 g/mol. The zero-order chi connectivity index (χ0) is 16.5. The molecule has 0 amide bonds. The van der Waals surface area contributed by atoms with Crippen LogP contribution in [-0.2, 0) is 11.4 Å². The predicted octanol–water partition coefficient (Wildman–Crippen LogP) is 4.01. The highest BCUT2D eigenvalue weighted by molar-refractivity contribution is 7.90. The van der Waals surface area contributed by atoms with E-state index in [-0.39, 0.29) is 10.8 Å². The van der Waals surface area contributed by atoms with E-state index in [1.54, 1.807) is 13.2 Å². The Bertz CT molecular complexity index is 673. The SMILES string of the molecule is COc1nc2ccc(Cl)cc2cc1C(C)N[S+]([O-])C(C)(C)C. The van der Waals surface area contributed by atoms with E-state index in [0.717, 1.165) is 16.5 Å². The van der Waals surface area contributed by atoms with Gasteiger partial charge in [-0.05, 0) is 52.0 Å².